The molecule has 2 rings (SSSR count). The summed E-state index contributed by atoms with van der Waals surface area (Å²) >= 11 is 0. The van der Waals surface area contributed by atoms with Gasteiger partial charge in [0.15, 0.2) is 0 Å². The molecule has 0 spiro atoms. The van der Waals surface area contributed by atoms with Crippen molar-refractivity contribution >= 4 is 17.5 Å². The highest BCUT2D eigenvalue weighted by atomic mass is 16.5. The second-order valence-corrected chi connectivity index (χ2v) is 4.11. The summed E-state index contributed by atoms with van der Waals surface area (Å²) in [5.74, 6) is 0.00140. The van der Waals surface area contributed by atoms with Crippen LogP contribution in [0.5, 0.6) is 0 Å². The van der Waals surface area contributed by atoms with Crippen LogP contribution in [0.4, 0.5) is 11.5 Å². The van der Waals surface area contributed by atoms with E-state index in [0.717, 1.165) is 12.1 Å². The molecule has 0 bridgehead atoms. The molecule has 0 aromatic carbocycles. The number of nitrogen functional groups attached to an aromatic ring is 1. The number of ether oxygens (including phenoxy) is 1. The second kappa shape index (κ2) is 6.51. The highest BCUT2D eigenvalue weighted by Crippen LogP contribution is 2.20. The fourth-order valence-corrected chi connectivity index (χ4v) is 1.76. The lowest BCUT2D eigenvalue weighted by atomic mass is 10.2. The van der Waals surface area contributed by atoms with Gasteiger partial charge < -0.3 is 15.8 Å². The van der Waals surface area contributed by atoms with Gasteiger partial charge in [-0.3, -0.25) is 4.98 Å². The van der Waals surface area contributed by atoms with Crippen LogP contribution < -0.4 is 11.1 Å². The number of methoxy groups -OCH3 is 1. The molecule has 3 N–H and O–H groups in total. The summed E-state index contributed by atoms with van der Waals surface area (Å²) < 4.78 is 4.66. The van der Waals surface area contributed by atoms with E-state index in [9.17, 15) is 4.79 Å². The molecular formula is C14H16N4O2. The normalized spacial score (nSPS) is 10.1. The van der Waals surface area contributed by atoms with E-state index >= 15 is 0 Å². The molecular weight excluding hydrogens is 256 g/mol. The molecule has 20 heavy (non-hydrogen) atoms. The third-order valence-electron chi connectivity index (χ3n) is 2.80. The van der Waals surface area contributed by atoms with Gasteiger partial charge in [-0.05, 0) is 18.2 Å². The topological polar surface area (TPSA) is 90.1 Å². The Kier molecular flexibility index (Phi) is 4.49. The molecule has 0 aliphatic carbocycles. The van der Waals surface area contributed by atoms with Gasteiger partial charge in [0, 0.05) is 31.1 Å². The van der Waals surface area contributed by atoms with Crippen molar-refractivity contribution in [3.8, 4) is 0 Å². The van der Waals surface area contributed by atoms with E-state index in [2.05, 4.69) is 20.0 Å². The molecule has 2 aromatic heterocycles. The maximum absolute atomic E-state index is 11.5. The predicted molar refractivity (Wildman–Crippen MR) is 76.4 cm³/mol. The quantitative estimate of drug-likeness (QED) is 0.802. The third kappa shape index (κ3) is 3.23. The van der Waals surface area contributed by atoms with Crippen LogP contribution >= 0.6 is 0 Å². The van der Waals surface area contributed by atoms with Gasteiger partial charge in [-0.15, -0.1) is 0 Å². The van der Waals surface area contributed by atoms with Crippen LogP contribution in [0.1, 0.15) is 16.1 Å². The van der Waals surface area contributed by atoms with E-state index < -0.39 is 5.97 Å². The van der Waals surface area contributed by atoms with Crippen LogP contribution in [0, 0.1) is 0 Å². The molecule has 6 nitrogen and oxygen atoms in total. The molecule has 0 saturated heterocycles. The van der Waals surface area contributed by atoms with E-state index in [4.69, 9.17) is 5.73 Å². The van der Waals surface area contributed by atoms with Gasteiger partial charge in [-0.1, -0.05) is 6.07 Å². The minimum absolute atomic E-state index is 0.292. The number of aromatic nitrogens is 2. The van der Waals surface area contributed by atoms with Gasteiger partial charge in [0.25, 0.3) is 0 Å². The Morgan fingerprint density at radius 2 is 2.15 bits per heavy atom. The van der Waals surface area contributed by atoms with Crippen LogP contribution in [0.3, 0.4) is 0 Å². The summed E-state index contributed by atoms with van der Waals surface area (Å²) in [5, 5.41) is 3.10. The van der Waals surface area contributed by atoms with Crippen LogP contribution in [0.25, 0.3) is 0 Å². The van der Waals surface area contributed by atoms with Crippen LogP contribution in [0.2, 0.25) is 0 Å². The van der Waals surface area contributed by atoms with Gasteiger partial charge in [0.1, 0.15) is 5.82 Å². The van der Waals surface area contributed by atoms with Gasteiger partial charge in [0.2, 0.25) is 0 Å². The average Bonchev–Trinajstić information content (AvgIpc) is 2.49. The minimum atomic E-state index is -0.474. The van der Waals surface area contributed by atoms with Gasteiger partial charge >= 0.3 is 5.97 Å². The van der Waals surface area contributed by atoms with Crippen molar-refractivity contribution in [2.75, 3.05) is 24.7 Å². The smallest absolute Gasteiger partial charge is 0.340 e. The summed E-state index contributed by atoms with van der Waals surface area (Å²) in [6.45, 7) is 0.624. The standard InChI is InChI=1S/C14H16N4O2/c1-20-14(19)11-6-9-18-13(12(11)15)17-8-5-10-4-2-3-7-16-10/h2-4,6-7,9H,5,8,15H2,1H3,(H,17,18). The number of pyridine rings is 2. The number of nitrogens with zero attached hydrogens (tertiary/aromatic N) is 2. The molecule has 0 saturated carbocycles. The maximum Gasteiger partial charge on any atom is 0.340 e. The summed E-state index contributed by atoms with van der Waals surface area (Å²) in [6, 6.07) is 7.29. The number of esters is 1. The Hall–Kier alpha value is -2.63. The summed E-state index contributed by atoms with van der Waals surface area (Å²) in [4.78, 5) is 19.9. The van der Waals surface area contributed by atoms with E-state index in [0.29, 0.717) is 23.6 Å². The zero-order valence-electron chi connectivity index (χ0n) is 11.2. The molecule has 0 aliphatic rings. The Morgan fingerprint density at radius 3 is 2.85 bits per heavy atom. The number of nitrogens with two attached hydrogens (primary N) is 1. The molecule has 0 unspecified atom stereocenters. The predicted octanol–water partition coefficient (Wildman–Crippen LogP) is 1.50. The van der Waals surface area contributed by atoms with E-state index in [1.54, 1.807) is 6.20 Å². The van der Waals surface area contributed by atoms with Crippen LogP contribution in [-0.4, -0.2) is 29.6 Å². The van der Waals surface area contributed by atoms with Crippen molar-refractivity contribution in [3.63, 3.8) is 0 Å². The van der Waals surface area contributed by atoms with E-state index in [1.165, 1.54) is 19.4 Å². The molecule has 2 aromatic rings. The summed E-state index contributed by atoms with van der Waals surface area (Å²) in [7, 11) is 1.32. The van der Waals surface area contributed by atoms with Gasteiger partial charge in [-0.25, -0.2) is 9.78 Å². The lowest BCUT2D eigenvalue weighted by Crippen LogP contribution is -2.12. The van der Waals surface area contributed by atoms with Crippen molar-refractivity contribution in [2.24, 2.45) is 0 Å². The fraction of sp³-hybridized carbons (Fsp3) is 0.214. The molecule has 0 fully saturated rings. The van der Waals surface area contributed by atoms with E-state index in [-0.39, 0.29) is 0 Å². The molecule has 0 aliphatic heterocycles. The number of hydrogen-bond donors (Lipinski definition) is 2. The van der Waals surface area contributed by atoms with Crippen molar-refractivity contribution in [1.82, 2.24) is 9.97 Å². The molecule has 0 atom stereocenters. The Morgan fingerprint density at radius 1 is 1.30 bits per heavy atom. The number of anilines is 2. The highest BCUT2D eigenvalue weighted by Gasteiger charge is 2.13. The first-order valence-electron chi connectivity index (χ1n) is 6.19. The van der Waals surface area contributed by atoms with Crippen LogP contribution in [0.15, 0.2) is 36.7 Å². The monoisotopic (exact) mass is 272 g/mol. The molecule has 6 heteroatoms. The average molecular weight is 272 g/mol. The molecule has 0 radical (unpaired) electrons. The maximum atomic E-state index is 11.5. The Balaban J connectivity index is 2.01. The molecule has 2 heterocycles. The number of rotatable bonds is 5. The summed E-state index contributed by atoms with van der Waals surface area (Å²) in [6.07, 6.45) is 4.01. The lowest BCUT2D eigenvalue weighted by Gasteiger charge is -2.10. The Labute approximate surface area is 117 Å². The van der Waals surface area contributed by atoms with Crippen molar-refractivity contribution < 1.29 is 9.53 Å². The number of carbonyl (C=O) groups excluding carboxylic acids is 1. The first-order valence-corrected chi connectivity index (χ1v) is 6.19. The van der Waals surface area contributed by atoms with Crippen molar-refractivity contribution in [2.45, 2.75) is 6.42 Å². The fourth-order valence-electron chi connectivity index (χ4n) is 1.76. The zero-order valence-corrected chi connectivity index (χ0v) is 11.2. The van der Waals surface area contributed by atoms with Gasteiger partial charge in [-0.2, -0.15) is 0 Å². The second-order valence-electron chi connectivity index (χ2n) is 4.11. The van der Waals surface area contributed by atoms with Crippen LogP contribution in [-0.2, 0) is 11.2 Å². The highest BCUT2D eigenvalue weighted by molar-refractivity contribution is 5.97. The lowest BCUT2D eigenvalue weighted by molar-refractivity contribution is 0.0602. The minimum Gasteiger partial charge on any atom is -0.465 e. The van der Waals surface area contributed by atoms with Crippen molar-refractivity contribution in [1.29, 1.82) is 0 Å². The number of carbonyl (C=O) groups is 1. The largest absolute Gasteiger partial charge is 0.465 e. The number of hydrogen-bond acceptors (Lipinski definition) is 6. The SMILES string of the molecule is COC(=O)c1ccnc(NCCc2ccccn2)c1N. The first-order chi connectivity index (χ1) is 9.72. The molecule has 104 valence electrons. The van der Waals surface area contributed by atoms with Gasteiger partial charge in [0.05, 0.1) is 18.4 Å². The first kappa shape index (κ1) is 13.8. The van der Waals surface area contributed by atoms with Crippen molar-refractivity contribution in [3.05, 3.63) is 47.9 Å². The number of nitrogens with one attached hydrogen (secondary N) is 1. The molecule has 0 amide bonds. The summed E-state index contributed by atoms with van der Waals surface area (Å²) in [5.41, 5.74) is 7.47. The zero-order chi connectivity index (χ0) is 14.4. The third-order valence-corrected chi connectivity index (χ3v) is 2.80. The Bertz CT molecular complexity index is 587. The van der Waals surface area contributed by atoms with E-state index in [1.807, 2.05) is 18.2 Å².